The maximum Gasteiger partial charge on any atom is 0.256 e. The summed E-state index contributed by atoms with van der Waals surface area (Å²) in [6.45, 7) is 2.47. The number of rotatable bonds is 6. The van der Waals surface area contributed by atoms with Crippen LogP contribution in [0.1, 0.15) is 37.7 Å². The number of nitrogens with zero attached hydrogens (tertiary/aromatic N) is 2. The Labute approximate surface area is 190 Å². The van der Waals surface area contributed by atoms with Gasteiger partial charge in [0.25, 0.3) is 11.8 Å². The minimum Gasteiger partial charge on any atom is -0.467 e. The van der Waals surface area contributed by atoms with Gasteiger partial charge in [0.2, 0.25) is 0 Å². The Balaban J connectivity index is 1.67. The van der Waals surface area contributed by atoms with E-state index in [1.54, 1.807) is 48.5 Å². The smallest absolute Gasteiger partial charge is 0.256 e. The molecule has 2 amide bonds. The van der Waals surface area contributed by atoms with Gasteiger partial charge in [0.15, 0.2) is 0 Å². The van der Waals surface area contributed by atoms with E-state index in [-0.39, 0.29) is 11.8 Å². The molecule has 0 radical (unpaired) electrons. The summed E-state index contributed by atoms with van der Waals surface area (Å²) in [6, 6.07) is 18.1. The van der Waals surface area contributed by atoms with E-state index >= 15 is 0 Å². The predicted molar refractivity (Wildman–Crippen MR) is 124 cm³/mol. The molecule has 0 spiro atoms. The SMILES string of the molecule is CNC(=O)c1ccc(CN(Cc2ccco2)C(=O)c2cc3cc(Cl)ccc3nc2C)cc1. The zero-order chi connectivity index (χ0) is 22.7. The van der Waals surface area contributed by atoms with Crippen LogP contribution in [0, 0.1) is 6.92 Å². The molecular weight excluding hydrogens is 426 g/mol. The third-order valence-electron chi connectivity index (χ3n) is 5.23. The fourth-order valence-corrected chi connectivity index (χ4v) is 3.73. The standard InChI is InChI=1S/C25H22ClN3O3/c1-16-22(13-19-12-20(26)9-10-23(19)28-16)25(31)29(15-21-4-3-11-32-21)14-17-5-7-18(8-6-17)24(30)27-2/h3-13H,14-15H2,1-2H3,(H,27,30). The highest BCUT2D eigenvalue weighted by Gasteiger charge is 2.21. The Morgan fingerprint density at radius 2 is 1.84 bits per heavy atom. The van der Waals surface area contributed by atoms with Crippen molar-refractivity contribution in [2.24, 2.45) is 0 Å². The fraction of sp³-hybridized carbons (Fsp3) is 0.160. The number of furan rings is 1. The maximum atomic E-state index is 13.6. The van der Waals surface area contributed by atoms with Crippen molar-refractivity contribution in [3.8, 4) is 0 Å². The quantitative estimate of drug-likeness (QED) is 0.451. The molecule has 4 rings (SSSR count). The van der Waals surface area contributed by atoms with Crippen molar-refractivity contribution in [2.75, 3.05) is 7.05 Å². The van der Waals surface area contributed by atoms with Crippen molar-refractivity contribution in [2.45, 2.75) is 20.0 Å². The summed E-state index contributed by atoms with van der Waals surface area (Å²) in [5, 5.41) is 4.00. The second-order valence-corrected chi connectivity index (χ2v) is 7.91. The van der Waals surface area contributed by atoms with Crippen molar-refractivity contribution in [3.05, 3.63) is 100 Å². The summed E-state index contributed by atoms with van der Waals surface area (Å²) in [5.74, 6) is 0.357. The maximum absolute atomic E-state index is 13.6. The van der Waals surface area contributed by atoms with Gasteiger partial charge in [0.05, 0.1) is 29.6 Å². The molecule has 0 aliphatic carbocycles. The molecule has 0 aliphatic rings. The Hall–Kier alpha value is -3.64. The van der Waals surface area contributed by atoms with Gasteiger partial charge in [-0.2, -0.15) is 0 Å². The van der Waals surface area contributed by atoms with Crippen LogP contribution in [0.15, 0.2) is 71.3 Å². The van der Waals surface area contributed by atoms with E-state index in [4.69, 9.17) is 16.0 Å². The topological polar surface area (TPSA) is 75.4 Å². The molecule has 0 aliphatic heterocycles. The van der Waals surface area contributed by atoms with Crippen molar-refractivity contribution < 1.29 is 14.0 Å². The van der Waals surface area contributed by atoms with Gasteiger partial charge < -0.3 is 14.6 Å². The summed E-state index contributed by atoms with van der Waals surface area (Å²) in [5.41, 5.74) is 3.39. The fourth-order valence-electron chi connectivity index (χ4n) is 3.55. The van der Waals surface area contributed by atoms with Gasteiger partial charge in [-0.3, -0.25) is 14.6 Å². The molecule has 2 aromatic carbocycles. The lowest BCUT2D eigenvalue weighted by Gasteiger charge is -2.23. The van der Waals surface area contributed by atoms with Crippen LogP contribution in [0.25, 0.3) is 10.9 Å². The van der Waals surface area contributed by atoms with E-state index in [1.807, 2.05) is 37.3 Å². The molecule has 1 N–H and O–H groups in total. The number of aromatic nitrogens is 1. The minimum absolute atomic E-state index is 0.156. The Kier molecular flexibility index (Phi) is 6.23. The zero-order valence-corrected chi connectivity index (χ0v) is 18.5. The van der Waals surface area contributed by atoms with Crippen LogP contribution in [-0.4, -0.2) is 28.7 Å². The molecule has 0 saturated carbocycles. The molecule has 4 aromatic rings. The summed E-state index contributed by atoms with van der Waals surface area (Å²) in [7, 11) is 1.59. The average Bonchev–Trinajstić information content (AvgIpc) is 3.31. The average molecular weight is 448 g/mol. The van der Waals surface area contributed by atoms with Gasteiger partial charge in [-0.15, -0.1) is 0 Å². The van der Waals surface area contributed by atoms with Gasteiger partial charge in [-0.1, -0.05) is 23.7 Å². The molecule has 162 valence electrons. The lowest BCUT2D eigenvalue weighted by atomic mass is 10.1. The van der Waals surface area contributed by atoms with Crippen molar-refractivity contribution in [1.82, 2.24) is 15.2 Å². The summed E-state index contributed by atoms with van der Waals surface area (Å²) < 4.78 is 5.49. The first kappa shape index (κ1) is 21.6. The van der Waals surface area contributed by atoms with Crippen molar-refractivity contribution >= 4 is 34.3 Å². The van der Waals surface area contributed by atoms with E-state index in [0.717, 1.165) is 16.5 Å². The molecule has 0 unspecified atom stereocenters. The highest BCUT2D eigenvalue weighted by Crippen LogP contribution is 2.23. The Morgan fingerprint density at radius 3 is 2.53 bits per heavy atom. The second kappa shape index (κ2) is 9.24. The Bertz CT molecular complexity index is 1270. The van der Waals surface area contributed by atoms with E-state index in [2.05, 4.69) is 10.3 Å². The first-order chi connectivity index (χ1) is 15.4. The van der Waals surface area contributed by atoms with Crippen LogP contribution in [0.4, 0.5) is 0 Å². The molecule has 6 nitrogen and oxygen atoms in total. The number of hydrogen-bond acceptors (Lipinski definition) is 4. The minimum atomic E-state index is -0.163. The molecule has 32 heavy (non-hydrogen) atoms. The van der Waals surface area contributed by atoms with Crippen LogP contribution >= 0.6 is 11.6 Å². The van der Waals surface area contributed by atoms with Crippen LogP contribution in [0.3, 0.4) is 0 Å². The van der Waals surface area contributed by atoms with Crippen molar-refractivity contribution in [1.29, 1.82) is 0 Å². The molecule has 0 fully saturated rings. The molecule has 2 heterocycles. The molecule has 0 saturated heterocycles. The highest BCUT2D eigenvalue weighted by atomic mass is 35.5. The van der Waals surface area contributed by atoms with Crippen molar-refractivity contribution in [3.63, 3.8) is 0 Å². The molecule has 7 heteroatoms. The predicted octanol–water partition coefficient (Wildman–Crippen LogP) is 4.99. The summed E-state index contributed by atoms with van der Waals surface area (Å²) >= 11 is 6.14. The van der Waals surface area contributed by atoms with Gasteiger partial charge in [-0.25, -0.2) is 0 Å². The number of amides is 2. The normalized spacial score (nSPS) is 10.8. The number of carbonyl (C=O) groups is 2. The van der Waals surface area contributed by atoms with Crippen LogP contribution in [0.2, 0.25) is 5.02 Å². The first-order valence-electron chi connectivity index (χ1n) is 10.1. The number of aryl methyl sites for hydroxylation is 1. The third-order valence-corrected chi connectivity index (χ3v) is 5.46. The molecule has 0 bridgehead atoms. The van der Waals surface area contributed by atoms with Gasteiger partial charge in [0, 0.05) is 29.6 Å². The Morgan fingerprint density at radius 1 is 1.06 bits per heavy atom. The molecule has 2 aromatic heterocycles. The lowest BCUT2D eigenvalue weighted by molar-refractivity contribution is 0.0716. The third kappa shape index (κ3) is 4.65. The molecular formula is C25H22ClN3O3. The number of carbonyl (C=O) groups excluding carboxylic acids is 2. The van der Waals surface area contributed by atoms with Gasteiger partial charge in [0.1, 0.15) is 5.76 Å². The monoisotopic (exact) mass is 447 g/mol. The number of hydrogen-bond donors (Lipinski definition) is 1. The van der Waals surface area contributed by atoms with Crippen LogP contribution in [0.5, 0.6) is 0 Å². The van der Waals surface area contributed by atoms with E-state index in [9.17, 15) is 9.59 Å². The second-order valence-electron chi connectivity index (χ2n) is 7.47. The van der Waals surface area contributed by atoms with E-state index in [0.29, 0.717) is 40.7 Å². The number of halogens is 1. The van der Waals surface area contributed by atoms with Crippen LogP contribution in [-0.2, 0) is 13.1 Å². The number of fused-ring (bicyclic) bond motifs is 1. The number of benzene rings is 2. The molecule has 0 atom stereocenters. The van der Waals surface area contributed by atoms with E-state index in [1.165, 1.54) is 0 Å². The van der Waals surface area contributed by atoms with Crippen LogP contribution < -0.4 is 5.32 Å². The first-order valence-corrected chi connectivity index (χ1v) is 10.5. The number of pyridine rings is 1. The van der Waals surface area contributed by atoms with E-state index < -0.39 is 0 Å². The summed E-state index contributed by atoms with van der Waals surface area (Å²) in [6.07, 6.45) is 1.58. The zero-order valence-electron chi connectivity index (χ0n) is 17.8. The number of nitrogens with one attached hydrogen (secondary N) is 1. The largest absolute Gasteiger partial charge is 0.467 e. The van der Waals surface area contributed by atoms with Gasteiger partial charge >= 0.3 is 0 Å². The lowest BCUT2D eigenvalue weighted by Crippen LogP contribution is -2.30. The van der Waals surface area contributed by atoms with Gasteiger partial charge in [-0.05, 0) is 61.0 Å². The summed E-state index contributed by atoms with van der Waals surface area (Å²) in [4.78, 5) is 31.7. The highest BCUT2D eigenvalue weighted by molar-refractivity contribution is 6.31.